The Balaban J connectivity index is 1.71. The lowest BCUT2D eigenvalue weighted by atomic mass is 9.91. The number of nitrogens with zero attached hydrogens (tertiary/aromatic N) is 2. The molecular weight excluding hydrogens is 435 g/mol. The van der Waals surface area contributed by atoms with E-state index in [-0.39, 0.29) is 35.4 Å². The van der Waals surface area contributed by atoms with Gasteiger partial charge in [0, 0.05) is 34.7 Å². The first-order chi connectivity index (χ1) is 16.4. The number of pyridine rings is 2. The molecule has 9 heteroatoms. The number of halogens is 1. The predicted molar refractivity (Wildman–Crippen MR) is 132 cm³/mol. The Bertz CT molecular complexity index is 1190. The molecule has 1 fully saturated rings. The van der Waals surface area contributed by atoms with Crippen molar-refractivity contribution >= 4 is 34.0 Å². The average Bonchev–Trinajstić information content (AvgIpc) is 2.82. The van der Waals surface area contributed by atoms with Crippen molar-refractivity contribution in [1.82, 2.24) is 9.97 Å². The number of aromatic nitrogens is 2. The van der Waals surface area contributed by atoms with Crippen LogP contribution >= 0.6 is 0 Å². The minimum Gasteiger partial charge on any atom is -0.474 e. The van der Waals surface area contributed by atoms with Gasteiger partial charge in [-0.15, -0.1) is 0 Å². The van der Waals surface area contributed by atoms with Crippen molar-refractivity contribution in [3.05, 3.63) is 47.9 Å². The summed E-state index contributed by atoms with van der Waals surface area (Å²) in [4.78, 5) is 20.9. The number of anilines is 3. The van der Waals surface area contributed by atoms with E-state index in [1.54, 1.807) is 6.20 Å². The summed E-state index contributed by atoms with van der Waals surface area (Å²) in [7, 11) is 0. The van der Waals surface area contributed by atoms with Crippen LogP contribution in [0.5, 0.6) is 5.88 Å². The quantitative estimate of drug-likeness (QED) is 0.385. The smallest absolute Gasteiger partial charge is 0.252 e. The van der Waals surface area contributed by atoms with Gasteiger partial charge in [0.25, 0.3) is 5.91 Å². The number of rotatable bonds is 8. The summed E-state index contributed by atoms with van der Waals surface area (Å²) in [6, 6.07) is 8.38. The van der Waals surface area contributed by atoms with Crippen LogP contribution in [0.1, 0.15) is 56.3 Å². The zero-order valence-corrected chi connectivity index (χ0v) is 19.5. The number of nitrogens with one attached hydrogen (secondary N) is 2. The van der Waals surface area contributed by atoms with Crippen LogP contribution in [0.25, 0.3) is 10.8 Å². The van der Waals surface area contributed by atoms with E-state index in [1.807, 2.05) is 38.1 Å². The summed E-state index contributed by atoms with van der Waals surface area (Å²) in [5.41, 5.74) is 12.4. The Labute approximate surface area is 198 Å². The summed E-state index contributed by atoms with van der Waals surface area (Å²) < 4.78 is 20.8. The number of carbonyl (C=O) groups excluding carboxylic acids is 1. The molecule has 4 rings (SSSR count). The molecule has 6 N–H and O–H groups in total. The SMILES string of the molecule is CCC(C)Oc1nccc2c(Nc3nc(N[C@@H]4CCCC[C@@H]4N)c(F)cc3C(N)=O)cccc12. The number of amides is 1. The van der Waals surface area contributed by atoms with Gasteiger partial charge in [0.05, 0.1) is 11.7 Å². The Kier molecular flexibility index (Phi) is 7.12. The average molecular weight is 467 g/mol. The molecule has 3 atom stereocenters. The molecule has 1 aromatic carbocycles. The maximum atomic E-state index is 14.8. The van der Waals surface area contributed by atoms with Crippen LogP contribution < -0.4 is 26.8 Å². The van der Waals surface area contributed by atoms with Crippen LogP contribution in [0.15, 0.2) is 36.5 Å². The van der Waals surface area contributed by atoms with E-state index in [4.69, 9.17) is 16.2 Å². The molecule has 0 radical (unpaired) electrons. The molecule has 0 aliphatic heterocycles. The molecule has 1 aliphatic carbocycles. The number of ether oxygens (including phenoxy) is 1. The van der Waals surface area contributed by atoms with E-state index in [0.717, 1.165) is 48.9 Å². The van der Waals surface area contributed by atoms with Gasteiger partial charge in [0.2, 0.25) is 5.88 Å². The summed E-state index contributed by atoms with van der Waals surface area (Å²) >= 11 is 0. The van der Waals surface area contributed by atoms with Crippen LogP contribution in [0.2, 0.25) is 0 Å². The molecule has 1 amide bonds. The molecule has 0 bridgehead atoms. The summed E-state index contributed by atoms with van der Waals surface area (Å²) in [5.74, 6) is -0.709. The second kappa shape index (κ2) is 10.2. The second-order valence-electron chi connectivity index (χ2n) is 8.76. The third-order valence-electron chi connectivity index (χ3n) is 6.29. The fourth-order valence-electron chi connectivity index (χ4n) is 4.17. The van der Waals surface area contributed by atoms with Gasteiger partial charge in [-0.1, -0.05) is 25.8 Å². The maximum absolute atomic E-state index is 14.8. The van der Waals surface area contributed by atoms with E-state index in [1.165, 1.54) is 0 Å². The summed E-state index contributed by atoms with van der Waals surface area (Å²) in [6.45, 7) is 4.02. The molecule has 1 unspecified atom stereocenters. The van der Waals surface area contributed by atoms with E-state index >= 15 is 0 Å². The highest BCUT2D eigenvalue weighted by Gasteiger charge is 2.24. The molecular formula is C25H31FN6O2. The minimum atomic E-state index is -0.780. The molecule has 2 heterocycles. The minimum absolute atomic E-state index is 0.00901. The topological polar surface area (TPSA) is 128 Å². The van der Waals surface area contributed by atoms with Crippen molar-refractivity contribution in [2.45, 2.75) is 64.1 Å². The van der Waals surface area contributed by atoms with Gasteiger partial charge in [0.1, 0.15) is 5.82 Å². The number of hydrogen-bond donors (Lipinski definition) is 4. The van der Waals surface area contributed by atoms with E-state index < -0.39 is 11.7 Å². The van der Waals surface area contributed by atoms with E-state index in [2.05, 4.69) is 20.6 Å². The fourth-order valence-corrected chi connectivity index (χ4v) is 4.17. The van der Waals surface area contributed by atoms with Crippen molar-refractivity contribution in [1.29, 1.82) is 0 Å². The van der Waals surface area contributed by atoms with Gasteiger partial charge in [-0.2, -0.15) is 0 Å². The summed E-state index contributed by atoms with van der Waals surface area (Å²) in [6.07, 6.45) is 6.29. The number of carbonyl (C=O) groups is 1. The third-order valence-corrected chi connectivity index (χ3v) is 6.29. The van der Waals surface area contributed by atoms with Crippen molar-refractivity contribution in [3.63, 3.8) is 0 Å². The van der Waals surface area contributed by atoms with Crippen molar-refractivity contribution in [2.24, 2.45) is 11.5 Å². The molecule has 180 valence electrons. The maximum Gasteiger partial charge on any atom is 0.252 e. The number of primary amides is 1. The zero-order chi connectivity index (χ0) is 24.2. The lowest BCUT2D eigenvalue weighted by molar-refractivity contribution is 0.100. The highest BCUT2D eigenvalue weighted by Crippen LogP contribution is 2.33. The lowest BCUT2D eigenvalue weighted by Crippen LogP contribution is -2.43. The number of benzene rings is 1. The van der Waals surface area contributed by atoms with Crippen LogP contribution in [0.4, 0.5) is 21.7 Å². The first kappa shape index (κ1) is 23.7. The van der Waals surface area contributed by atoms with Crippen LogP contribution in [-0.4, -0.2) is 34.1 Å². The van der Waals surface area contributed by atoms with Gasteiger partial charge >= 0.3 is 0 Å². The summed E-state index contributed by atoms with van der Waals surface area (Å²) in [5, 5.41) is 7.93. The molecule has 34 heavy (non-hydrogen) atoms. The van der Waals surface area contributed by atoms with Crippen molar-refractivity contribution in [2.75, 3.05) is 10.6 Å². The molecule has 0 spiro atoms. The Morgan fingerprint density at radius 3 is 2.76 bits per heavy atom. The highest BCUT2D eigenvalue weighted by atomic mass is 19.1. The molecule has 1 aliphatic rings. The van der Waals surface area contributed by atoms with E-state index in [9.17, 15) is 9.18 Å². The molecule has 3 aromatic rings. The highest BCUT2D eigenvalue weighted by molar-refractivity contribution is 6.02. The van der Waals surface area contributed by atoms with Gasteiger partial charge in [-0.05, 0) is 50.5 Å². The second-order valence-corrected chi connectivity index (χ2v) is 8.76. The third kappa shape index (κ3) is 5.04. The van der Waals surface area contributed by atoms with Gasteiger partial charge in [-0.3, -0.25) is 4.79 Å². The number of nitrogens with two attached hydrogens (primary N) is 2. The molecule has 0 saturated heterocycles. The van der Waals surface area contributed by atoms with Gasteiger partial charge < -0.3 is 26.8 Å². The molecule has 1 saturated carbocycles. The van der Waals surface area contributed by atoms with Crippen molar-refractivity contribution < 1.29 is 13.9 Å². The van der Waals surface area contributed by atoms with Gasteiger partial charge in [0.15, 0.2) is 11.6 Å². The molecule has 2 aromatic heterocycles. The van der Waals surface area contributed by atoms with Crippen LogP contribution in [0, 0.1) is 5.82 Å². The predicted octanol–water partition coefficient (Wildman–Crippen LogP) is 4.47. The van der Waals surface area contributed by atoms with Crippen molar-refractivity contribution in [3.8, 4) is 5.88 Å². The number of hydrogen-bond acceptors (Lipinski definition) is 7. The van der Waals surface area contributed by atoms with Crippen LogP contribution in [-0.2, 0) is 0 Å². The lowest BCUT2D eigenvalue weighted by Gasteiger charge is -2.30. The van der Waals surface area contributed by atoms with E-state index in [0.29, 0.717) is 11.6 Å². The fraction of sp³-hybridized carbons (Fsp3) is 0.400. The standard InChI is InChI=1S/C25H31FN6O2/c1-3-14(2)34-25-16-7-6-10-20(15(16)11-12-29-25)30-23-17(22(28)33)13-18(26)24(32-23)31-21-9-5-4-8-19(21)27/h6-7,10-14,19,21H,3-5,8-9,27H2,1-2H3,(H2,28,33)(H2,30,31,32)/t14?,19-,21+/m0/s1. The largest absolute Gasteiger partial charge is 0.474 e. The Morgan fingerprint density at radius 1 is 1.24 bits per heavy atom. The Morgan fingerprint density at radius 2 is 2.03 bits per heavy atom. The van der Waals surface area contributed by atoms with Gasteiger partial charge in [-0.25, -0.2) is 14.4 Å². The Hall–Kier alpha value is -3.46. The monoisotopic (exact) mass is 466 g/mol. The molecule has 8 nitrogen and oxygen atoms in total. The number of fused-ring (bicyclic) bond motifs is 1. The van der Waals surface area contributed by atoms with Crippen LogP contribution in [0.3, 0.4) is 0 Å². The zero-order valence-electron chi connectivity index (χ0n) is 19.5. The first-order valence-corrected chi connectivity index (χ1v) is 11.7. The normalized spacial score (nSPS) is 18.9. The first-order valence-electron chi connectivity index (χ1n) is 11.7.